The van der Waals surface area contributed by atoms with Gasteiger partial charge in [0.15, 0.2) is 0 Å². The van der Waals surface area contributed by atoms with E-state index >= 15 is 0 Å². The molecule has 0 bridgehead atoms. The number of fused-ring (bicyclic) bond motifs is 1. The molecule has 1 aromatic rings. The van der Waals surface area contributed by atoms with Crippen LogP contribution in [0.4, 0.5) is 11.4 Å². The zero-order valence-electron chi connectivity index (χ0n) is 13.6. The predicted octanol–water partition coefficient (Wildman–Crippen LogP) is 1.03. The van der Waals surface area contributed by atoms with Crippen LogP contribution in [0, 0.1) is 5.92 Å². The van der Waals surface area contributed by atoms with E-state index in [0.717, 1.165) is 0 Å². The Bertz CT molecular complexity index is 762. The van der Waals surface area contributed by atoms with E-state index in [0.29, 0.717) is 30.8 Å². The zero-order valence-corrected chi connectivity index (χ0v) is 14.4. The van der Waals surface area contributed by atoms with Crippen molar-refractivity contribution in [2.45, 2.75) is 19.8 Å². The Morgan fingerprint density at radius 3 is 2.83 bits per heavy atom. The Balaban J connectivity index is 1.83. The summed E-state index contributed by atoms with van der Waals surface area (Å²) >= 11 is 0. The second kappa shape index (κ2) is 6.52. The average Bonchev–Trinajstić information content (AvgIpc) is 2.60. The molecule has 1 saturated heterocycles. The SMILES string of the molecule is CCS(=O)(=O)N1CCCC(C(=O)N2CC(=O)Nc3ccccc32)C1. The fourth-order valence-electron chi connectivity index (χ4n) is 3.23. The van der Waals surface area contributed by atoms with Gasteiger partial charge in [-0.2, -0.15) is 0 Å². The van der Waals surface area contributed by atoms with Crippen LogP contribution in [0.25, 0.3) is 0 Å². The monoisotopic (exact) mass is 351 g/mol. The first-order chi connectivity index (χ1) is 11.4. The van der Waals surface area contributed by atoms with E-state index in [4.69, 9.17) is 0 Å². The van der Waals surface area contributed by atoms with Gasteiger partial charge in [-0.1, -0.05) is 12.1 Å². The van der Waals surface area contributed by atoms with Gasteiger partial charge in [0.05, 0.1) is 23.0 Å². The molecule has 0 aliphatic carbocycles. The summed E-state index contributed by atoms with van der Waals surface area (Å²) in [4.78, 5) is 26.3. The summed E-state index contributed by atoms with van der Waals surface area (Å²) in [5.41, 5.74) is 1.27. The van der Waals surface area contributed by atoms with Gasteiger partial charge in [-0.3, -0.25) is 9.59 Å². The van der Waals surface area contributed by atoms with Crippen LogP contribution in [0.5, 0.6) is 0 Å². The average molecular weight is 351 g/mol. The molecule has 2 heterocycles. The molecule has 0 aromatic heterocycles. The van der Waals surface area contributed by atoms with Crippen molar-refractivity contribution >= 4 is 33.2 Å². The highest BCUT2D eigenvalue weighted by Crippen LogP contribution is 2.31. The Morgan fingerprint density at radius 1 is 1.33 bits per heavy atom. The van der Waals surface area contributed by atoms with Gasteiger partial charge in [0, 0.05) is 13.1 Å². The van der Waals surface area contributed by atoms with Gasteiger partial charge in [0.2, 0.25) is 21.8 Å². The Morgan fingerprint density at radius 2 is 2.08 bits per heavy atom. The first-order valence-electron chi connectivity index (χ1n) is 8.10. The third kappa shape index (κ3) is 3.16. The summed E-state index contributed by atoms with van der Waals surface area (Å²) < 4.78 is 25.6. The number of para-hydroxylation sites is 2. The molecule has 1 unspecified atom stereocenters. The van der Waals surface area contributed by atoms with E-state index in [1.54, 1.807) is 25.1 Å². The number of nitrogens with one attached hydrogen (secondary N) is 1. The summed E-state index contributed by atoms with van der Waals surface area (Å²) in [5, 5.41) is 2.75. The highest BCUT2D eigenvalue weighted by atomic mass is 32.2. The van der Waals surface area contributed by atoms with Gasteiger partial charge in [0.1, 0.15) is 6.54 Å². The minimum atomic E-state index is -3.31. The van der Waals surface area contributed by atoms with E-state index in [9.17, 15) is 18.0 Å². The molecule has 1 atom stereocenters. The predicted molar refractivity (Wildman–Crippen MR) is 91.2 cm³/mol. The number of carbonyl (C=O) groups excluding carboxylic acids is 2. The van der Waals surface area contributed by atoms with Gasteiger partial charge in [-0.05, 0) is 31.9 Å². The molecule has 1 aromatic carbocycles. The molecule has 3 rings (SSSR count). The van der Waals surface area contributed by atoms with Crippen molar-refractivity contribution in [3.8, 4) is 0 Å². The lowest BCUT2D eigenvalue weighted by Crippen LogP contribution is -2.50. The van der Waals surface area contributed by atoms with Crippen LogP contribution in [0.15, 0.2) is 24.3 Å². The molecule has 1 N–H and O–H groups in total. The van der Waals surface area contributed by atoms with Gasteiger partial charge in [-0.25, -0.2) is 12.7 Å². The van der Waals surface area contributed by atoms with Crippen molar-refractivity contribution in [1.29, 1.82) is 0 Å². The minimum absolute atomic E-state index is 0.0306. The standard InChI is InChI=1S/C16H21N3O4S/c1-2-24(22,23)18-9-5-6-12(10-18)16(21)19-11-15(20)17-13-7-3-4-8-14(13)19/h3-4,7-8,12H,2,5-6,9-11H2,1H3,(H,17,20). The molecule has 1 fully saturated rings. The molecule has 2 aliphatic heterocycles. The lowest BCUT2D eigenvalue weighted by atomic mass is 9.97. The van der Waals surface area contributed by atoms with Gasteiger partial charge in [-0.15, -0.1) is 0 Å². The molecule has 24 heavy (non-hydrogen) atoms. The largest absolute Gasteiger partial charge is 0.323 e. The van der Waals surface area contributed by atoms with Crippen LogP contribution in [0.2, 0.25) is 0 Å². The van der Waals surface area contributed by atoms with Crippen LogP contribution in [0.3, 0.4) is 0 Å². The second-order valence-electron chi connectivity index (χ2n) is 6.09. The summed E-state index contributed by atoms with van der Waals surface area (Å²) in [6.07, 6.45) is 1.28. The van der Waals surface area contributed by atoms with Crippen LogP contribution in [-0.2, 0) is 19.6 Å². The normalized spacial score (nSPS) is 22.0. The Hall–Kier alpha value is -1.93. The van der Waals surface area contributed by atoms with Gasteiger partial charge in [0.25, 0.3) is 0 Å². The highest BCUT2D eigenvalue weighted by molar-refractivity contribution is 7.89. The summed E-state index contributed by atoms with van der Waals surface area (Å²) in [6.45, 7) is 2.21. The van der Waals surface area contributed by atoms with Gasteiger partial charge >= 0.3 is 0 Å². The molecular formula is C16H21N3O4S. The number of nitrogens with zero attached hydrogens (tertiary/aromatic N) is 2. The summed E-state index contributed by atoms with van der Waals surface area (Å²) in [7, 11) is -3.31. The van der Waals surface area contributed by atoms with Crippen molar-refractivity contribution in [2.24, 2.45) is 5.92 Å². The minimum Gasteiger partial charge on any atom is -0.323 e. The summed E-state index contributed by atoms with van der Waals surface area (Å²) in [6, 6.07) is 7.14. The van der Waals surface area contributed by atoms with Crippen LogP contribution in [0.1, 0.15) is 19.8 Å². The van der Waals surface area contributed by atoms with E-state index in [1.165, 1.54) is 9.21 Å². The van der Waals surface area contributed by atoms with Crippen LogP contribution in [-0.4, -0.2) is 49.9 Å². The number of rotatable bonds is 3. The third-order valence-electron chi connectivity index (χ3n) is 4.53. The lowest BCUT2D eigenvalue weighted by Gasteiger charge is -2.36. The first-order valence-corrected chi connectivity index (χ1v) is 9.71. The molecule has 0 saturated carbocycles. The Kier molecular flexibility index (Phi) is 4.60. The molecule has 0 radical (unpaired) electrons. The topological polar surface area (TPSA) is 86.8 Å². The number of benzene rings is 1. The number of carbonyl (C=O) groups is 2. The van der Waals surface area contributed by atoms with Crippen molar-refractivity contribution < 1.29 is 18.0 Å². The van der Waals surface area contributed by atoms with Gasteiger partial charge < -0.3 is 10.2 Å². The van der Waals surface area contributed by atoms with Crippen molar-refractivity contribution in [3.63, 3.8) is 0 Å². The number of amides is 2. The maximum absolute atomic E-state index is 12.9. The summed E-state index contributed by atoms with van der Waals surface area (Å²) in [5.74, 6) is -0.814. The lowest BCUT2D eigenvalue weighted by molar-refractivity contribution is -0.125. The smallest absolute Gasteiger partial charge is 0.244 e. The van der Waals surface area contributed by atoms with Crippen molar-refractivity contribution in [1.82, 2.24) is 4.31 Å². The Labute approximate surface area is 141 Å². The number of hydrogen-bond donors (Lipinski definition) is 1. The molecule has 0 spiro atoms. The molecule has 2 aliphatic rings. The fraction of sp³-hybridized carbons (Fsp3) is 0.500. The molecular weight excluding hydrogens is 330 g/mol. The fourth-order valence-corrected chi connectivity index (χ4v) is 4.41. The van der Waals surface area contributed by atoms with E-state index < -0.39 is 15.9 Å². The number of anilines is 2. The molecule has 7 nitrogen and oxygen atoms in total. The van der Waals surface area contributed by atoms with E-state index in [1.807, 2.05) is 6.07 Å². The van der Waals surface area contributed by atoms with E-state index in [-0.39, 0.29) is 30.7 Å². The number of hydrogen-bond acceptors (Lipinski definition) is 4. The molecule has 8 heteroatoms. The first kappa shape index (κ1) is 16.9. The maximum Gasteiger partial charge on any atom is 0.244 e. The number of sulfonamides is 1. The quantitative estimate of drug-likeness (QED) is 0.881. The van der Waals surface area contributed by atoms with Crippen LogP contribution >= 0.6 is 0 Å². The highest BCUT2D eigenvalue weighted by Gasteiger charge is 2.36. The van der Waals surface area contributed by atoms with E-state index in [2.05, 4.69) is 5.32 Å². The number of piperidine rings is 1. The van der Waals surface area contributed by atoms with Crippen molar-refractivity contribution in [2.75, 3.05) is 35.6 Å². The third-order valence-corrected chi connectivity index (χ3v) is 6.38. The zero-order chi connectivity index (χ0) is 17.3. The maximum atomic E-state index is 12.9. The second-order valence-corrected chi connectivity index (χ2v) is 8.35. The molecule has 130 valence electrons. The van der Waals surface area contributed by atoms with Crippen molar-refractivity contribution in [3.05, 3.63) is 24.3 Å². The molecule has 2 amide bonds. The van der Waals surface area contributed by atoms with Crippen LogP contribution < -0.4 is 10.2 Å².